The molecular weight excluding hydrogens is 414 g/mol. The predicted molar refractivity (Wildman–Crippen MR) is 102 cm³/mol. The Kier molecular flexibility index (Phi) is 6.80. The van der Waals surface area contributed by atoms with Gasteiger partial charge in [-0.3, -0.25) is 0 Å². The number of benzene rings is 2. The first kappa shape index (κ1) is 21.3. The Balaban J connectivity index is 1.86. The summed E-state index contributed by atoms with van der Waals surface area (Å²) in [5, 5.41) is 39.1. The van der Waals surface area contributed by atoms with Gasteiger partial charge in [0.1, 0.15) is 29.6 Å². The van der Waals surface area contributed by atoms with Gasteiger partial charge >= 0.3 is 0 Å². The van der Waals surface area contributed by atoms with E-state index in [1.807, 2.05) is 0 Å². The van der Waals surface area contributed by atoms with Crippen LogP contribution in [-0.2, 0) is 6.42 Å². The summed E-state index contributed by atoms with van der Waals surface area (Å²) in [6.07, 6.45) is -4.14. The van der Waals surface area contributed by atoms with Crippen molar-refractivity contribution >= 4 is 23.4 Å². The van der Waals surface area contributed by atoms with Crippen molar-refractivity contribution in [3.05, 3.63) is 64.2 Å². The van der Waals surface area contributed by atoms with Crippen LogP contribution >= 0.6 is 23.4 Å². The molecule has 4 N–H and O–H groups in total. The number of aliphatic hydroxyl groups is 4. The van der Waals surface area contributed by atoms with E-state index in [1.165, 1.54) is 12.1 Å². The monoisotopic (exact) mass is 432 g/mol. The summed E-state index contributed by atoms with van der Waals surface area (Å²) in [6, 6.07) is 7.90. The molecule has 3 rings (SSSR count). The molecule has 1 aliphatic rings. The second-order valence-electron chi connectivity index (χ2n) is 6.48. The van der Waals surface area contributed by atoms with Crippen LogP contribution < -0.4 is 4.74 Å². The SMILES string of the molecule is OC[C@H]1S[C@@H](Oc2ccc(Cl)cc2Cc2ccc(F)cc2F)[C@H](O)[C@@H](O)[C@@H]1O. The van der Waals surface area contributed by atoms with Crippen LogP contribution in [0, 0.1) is 11.6 Å². The Morgan fingerprint density at radius 1 is 0.964 bits per heavy atom. The van der Waals surface area contributed by atoms with Crippen molar-refractivity contribution in [3.8, 4) is 5.75 Å². The molecular formula is C19H19ClF2O5S. The fourth-order valence-corrected chi connectivity index (χ4v) is 4.39. The molecule has 0 aromatic heterocycles. The summed E-state index contributed by atoms with van der Waals surface area (Å²) in [5.41, 5.74) is -0.255. The molecule has 28 heavy (non-hydrogen) atoms. The second-order valence-corrected chi connectivity index (χ2v) is 8.26. The first-order valence-electron chi connectivity index (χ1n) is 8.49. The zero-order chi connectivity index (χ0) is 20.4. The van der Waals surface area contributed by atoms with Crippen LogP contribution in [0.4, 0.5) is 8.78 Å². The van der Waals surface area contributed by atoms with Crippen molar-refractivity contribution in [3.63, 3.8) is 0 Å². The van der Waals surface area contributed by atoms with Crippen molar-refractivity contribution in [2.75, 3.05) is 6.61 Å². The number of rotatable bonds is 5. The van der Waals surface area contributed by atoms with Gasteiger partial charge in [-0.2, -0.15) is 0 Å². The van der Waals surface area contributed by atoms with E-state index in [-0.39, 0.29) is 17.7 Å². The molecule has 0 bridgehead atoms. The minimum atomic E-state index is -1.49. The van der Waals surface area contributed by atoms with E-state index < -0.39 is 47.2 Å². The van der Waals surface area contributed by atoms with E-state index in [0.717, 1.165) is 23.9 Å². The van der Waals surface area contributed by atoms with Crippen molar-refractivity contribution < 1.29 is 33.9 Å². The third-order valence-corrected chi connectivity index (χ3v) is 6.17. The molecule has 0 saturated carbocycles. The second kappa shape index (κ2) is 8.94. The van der Waals surface area contributed by atoms with Gasteiger partial charge in [-0.15, -0.1) is 11.8 Å². The van der Waals surface area contributed by atoms with Gasteiger partial charge in [0.25, 0.3) is 0 Å². The maximum absolute atomic E-state index is 14.0. The van der Waals surface area contributed by atoms with E-state index in [4.69, 9.17) is 16.3 Å². The van der Waals surface area contributed by atoms with E-state index in [1.54, 1.807) is 12.1 Å². The lowest BCUT2D eigenvalue weighted by atomic mass is 10.0. The lowest BCUT2D eigenvalue weighted by Crippen LogP contribution is -2.55. The number of ether oxygens (including phenoxy) is 1. The Morgan fingerprint density at radius 2 is 1.71 bits per heavy atom. The van der Waals surface area contributed by atoms with Crippen molar-refractivity contribution in [2.24, 2.45) is 0 Å². The van der Waals surface area contributed by atoms with Crippen LogP contribution in [0.1, 0.15) is 11.1 Å². The summed E-state index contributed by atoms with van der Waals surface area (Å²) >= 11 is 7.02. The molecule has 9 heteroatoms. The topological polar surface area (TPSA) is 90.2 Å². The van der Waals surface area contributed by atoms with Crippen LogP contribution in [0.5, 0.6) is 5.75 Å². The first-order chi connectivity index (χ1) is 13.3. The fraction of sp³-hybridized carbons (Fsp3) is 0.368. The quantitative estimate of drug-likeness (QED) is 0.578. The minimum absolute atomic E-state index is 0.0596. The molecule has 1 heterocycles. The summed E-state index contributed by atoms with van der Waals surface area (Å²) in [6.45, 7) is -0.413. The predicted octanol–water partition coefficient (Wildman–Crippen LogP) is 2.10. The number of aliphatic hydroxyl groups excluding tert-OH is 4. The highest BCUT2D eigenvalue weighted by atomic mass is 35.5. The summed E-state index contributed by atoms with van der Waals surface area (Å²) in [4.78, 5) is 0. The number of thioether (sulfide) groups is 1. The third kappa shape index (κ3) is 4.59. The Bertz CT molecular complexity index is 838. The van der Waals surface area contributed by atoms with Gasteiger partial charge in [0.2, 0.25) is 0 Å². The van der Waals surface area contributed by atoms with Crippen LogP contribution in [0.25, 0.3) is 0 Å². The van der Waals surface area contributed by atoms with E-state index in [0.29, 0.717) is 10.6 Å². The third-order valence-electron chi connectivity index (χ3n) is 4.51. The molecule has 0 spiro atoms. The smallest absolute Gasteiger partial charge is 0.173 e. The summed E-state index contributed by atoms with van der Waals surface area (Å²) < 4.78 is 33.0. The molecule has 0 amide bonds. The van der Waals surface area contributed by atoms with Crippen LogP contribution in [0.2, 0.25) is 5.02 Å². The fourth-order valence-electron chi connectivity index (χ4n) is 2.96. The molecule has 5 nitrogen and oxygen atoms in total. The molecule has 1 saturated heterocycles. The van der Waals surface area contributed by atoms with Gasteiger partial charge in [0, 0.05) is 23.1 Å². The highest BCUT2D eigenvalue weighted by molar-refractivity contribution is 8.00. The van der Waals surface area contributed by atoms with Crippen molar-refractivity contribution in [2.45, 2.75) is 35.4 Å². The van der Waals surface area contributed by atoms with Crippen molar-refractivity contribution in [1.82, 2.24) is 0 Å². The Labute approximate surface area is 169 Å². The maximum Gasteiger partial charge on any atom is 0.173 e. The van der Waals surface area contributed by atoms with Crippen LogP contribution in [0.3, 0.4) is 0 Å². The molecule has 5 atom stereocenters. The first-order valence-corrected chi connectivity index (χ1v) is 9.81. The molecule has 0 radical (unpaired) electrons. The average Bonchev–Trinajstić information content (AvgIpc) is 2.66. The molecule has 152 valence electrons. The normalized spacial score (nSPS) is 27.6. The molecule has 0 unspecified atom stereocenters. The van der Waals surface area contributed by atoms with E-state index >= 15 is 0 Å². The van der Waals surface area contributed by atoms with Gasteiger partial charge in [-0.05, 0) is 29.8 Å². The van der Waals surface area contributed by atoms with E-state index in [9.17, 15) is 29.2 Å². The zero-order valence-corrected chi connectivity index (χ0v) is 16.1. The summed E-state index contributed by atoms with van der Waals surface area (Å²) in [5.74, 6) is -1.12. The molecule has 2 aromatic carbocycles. The lowest BCUT2D eigenvalue weighted by molar-refractivity contribution is -0.0910. The lowest BCUT2D eigenvalue weighted by Gasteiger charge is -2.39. The minimum Gasteiger partial charge on any atom is -0.477 e. The maximum atomic E-state index is 14.0. The highest BCUT2D eigenvalue weighted by Crippen LogP contribution is 2.36. The highest BCUT2D eigenvalue weighted by Gasteiger charge is 2.44. The van der Waals surface area contributed by atoms with Gasteiger partial charge in [0.05, 0.1) is 18.0 Å². The van der Waals surface area contributed by atoms with Gasteiger partial charge in [-0.25, -0.2) is 8.78 Å². The number of hydrogen-bond acceptors (Lipinski definition) is 6. The zero-order valence-electron chi connectivity index (χ0n) is 14.5. The Morgan fingerprint density at radius 3 is 2.39 bits per heavy atom. The van der Waals surface area contributed by atoms with E-state index in [2.05, 4.69) is 0 Å². The molecule has 1 fully saturated rings. The molecule has 2 aromatic rings. The van der Waals surface area contributed by atoms with Gasteiger partial charge in [0.15, 0.2) is 5.44 Å². The molecule has 1 aliphatic heterocycles. The standard InChI is InChI=1S/C19H19ClF2O5S/c20-11-2-4-14(10(6-11)5-9-1-3-12(21)7-13(9)22)27-19-18(26)17(25)16(24)15(8-23)28-19/h1-4,6-7,15-19,23-26H,5,8H2/t15-,16-,17+,18-,19-/m1/s1. The van der Waals surface area contributed by atoms with Gasteiger partial charge < -0.3 is 25.2 Å². The molecule has 0 aliphatic carbocycles. The summed E-state index contributed by atoms with van der Waals surface area (Å²) in [7, 11) is 0. The van der Waals surface area contributed by atoms with Crippen LogP contribution in [0.15, 0.2) is 36.4 Å². The Hall–Kier alpha value is -1.42. The van der Waals surface area contributed by atoms with Gasteiger partial charge in [-0.1, -0.05) is 17.7 Å². The number of halogens is 3. The number of hydrogen-bond donors (Lipinski definition) is 4. The van der Waals surface area contributed by atoms with Crippen molar-refractivity contribution in [1.29, 1.82) is 0 Å². The van der Waals surface area contributed by atoms with Crippen LogP contribution in [-0.4, -0.2) is 56.0 Å². The largest absolute Gasteiger partial charge is 0.477 e. The average molecular weight is 433 g/mol.